The monoisotopic (exact) mass is 317 g/mol. The molecule has 5 nitrogen and oxygen atoms in total. The Morgan fingerprint density at radius 1 is 1.35 bits per heavy atom. The number of nitrogens with zero attached hydrogens (tertiary/aromatic N) is 2. The number of ether oxygens (including phenoxy) is 1. The second kappa shape index (κ2) is 9.03. The zero-order valence-corrected chi connectivity index (χ0v) is 12.9. The van der Waals surface area contributed by atoms with Gasteiger partial charge in [0.25, 0.3) is 5.91 Å². The third kappa shape index (κ3) is 5.81. The van der Waals surface area contributed by atoms with E-state index in [1.54, 1.807) is 0 Å². The number of hydrogen-bond acceptors (Lipinski definition) is 4. The maximum Gasteiger partial charge on any atom is 0.261 e. The highest BCUT2D eigenvalue weighted by Gasteiger charge is 2.11. The lowest BCUT2D eigenvalue weighted by Gasteiger charge is -2.26. The van der Waals surface area contributed by atoms with Crippen LogP contribution in [0.3, 0.4) is 0 Å². The molecule has 1 fully saturated rings. The van der Waals surface area contributed by atoms with E-state index in [2.05, 4.69) is 10.2 Å². The highest BCUT2D eigenvalue weighted by atomic mass is 19.1. The Hall–Kier alpha value is -2.23. The highest BCUT2D eigenvalue weighted by Crippen LogP contribution is 2.08. The van der Waals surface area contributed by atoms with E-state index < -0.39 is 5.91 Å². The zero-order chi connectivity index (χ0) is 16.5. The van der Waals surface area contributed by atoms with Crippen LogP contribution in [0.2, 0.25) is 0 Å². The first-order valence-corrected chi connectivity index (χ1v) is 7.65. The van der Waals surface area contributed by atoms with Crippen LogP contribution in [0.1, 0.15) is 12.0 Å². The van der Waals surface area contributed by atoms with Gasteiger partial charge in [0.2, 0.25) is 0 Å². The van der Waals surface area contributed by atoms with Crippen LogP contribution in [0.25, 0.3) is 6.08 Å². The summed E-state index contributed by atoms with van der Waals surface area (Å²) >= 11 is 0. The number of rotatable bonds is 6. The second-order valence-corrected chi connectivity index (χ2v) is 5.28. The van der Waals surface area contributed by atoms with Crippen LogP contribution in [-0.4, -0.2) is 50.2 Å². The van der Waals surface area contributed by atoms with Crippen LogP contribution >= 0.6 is 0 Å². The minimum atomic E-state index is -0.404. The summed E-state index contributed by atoms with van der Waals surface area (Å²) < 4.78 is 18.1. The van der Waals surface area contributed by atoms with Crippen molar-refractivity contribution in [1.82, 2.24) is 10.2 Å². The maximum absolute atomic E-state index is 12.8. The molecule has 1 aromatic rings. The first-order valence-electron chi connectivity index (χ1n) is 7.65. The third-order valence-electron chi connectivity index (χ3n) is 3.59. The Bertz CT molecular complexity index is 587. The first-order chi connectivity index (χ1) is 11.2. The Kier molecular flexibility index (Phi) is 6.73. The van der Waals surface area contributed by atoms with E-state index in [-0.39, 0.29) is 11.4 Å². The van der Waals surface area contributed by atoms with Crippen molar-refractivity contribution < 1.29 is 13.9 Å². The Balaban J connectivity index is 1.78. The molecule has 2 rings (SSSR count). The zero-order valence-electron chi connectivity index (χ0n) is 12.9. The van der Waals surface area contributed by atoms with Gasteiger partial charge in [-0.15, -0.1) is 0 Å². The Morgan fingerprint density at radius 3 is 2.70 bits per heavy atom. The number of halogens is 1. The number of hydrogen-bond donors (Lipinski definition) is 1. The molecule has 1 aliphatic heterocycles. The molecule has 1 N–H and O–H groups in total. The minimum Gasteiger partial charge on any atom is -0.379 e. The first kappa shape index (κ1) is 17.1. The molecular weight excluding hydrogens is 297 g/mol. The topological polar surface area (TPSA) is 65.4 Å². The van der Waals surface area contributed by atoms with Crippen LogP contribution in [0.15, 0.2) is 29.8 Å². The van der Waals surface area contributed by atoms with E-state index in [1.807, 2.05) is 6.07 Å². The SMILES string of the molecule is N#C/C(=C\c1ccc(F)cc1)C(=O)NCCCN1CCOCC1. The lowest BCUT2D eigenvalue weighted by molar-refractivity contribution is -0.117. The largest absolute Gasteiger partial charge is 0.379 e. The smallest absolute Gasteiger partial charge is 0.261 e. The van der Waals surface area contributed by atoms with Crippen LogP contribution < -0.4 is 5.32 Å². The van der Waals surface area contributed by atoms with Crippen LogP contribution in [0, 0.1) is 17.1 Å². The molecule has 23 heavy (non-hydrogen) atoms. The van der Waals surface area contributed by atoms with Crippen molar-refractivity contribution in [2.45, 2.75) is 6.42 Å². The fourth-order valence-corrected chi connectivity index (χ4v) is 2.30. The van der Waals surface area contributed by atoms with Gasteiger partial charge in [0.1, 0.15) is 17.5 Å². The van der Waals surface area contributed by atoms with Crippen molar-refractivity contribution in [3.8, 4) is 6.07 Å². The van der Waals surface area contributed by atoms with Gasteiger partial charge in [-0.2, -0.15) is 5.26 Å². The quantitative estimate of drug-likeness (QED) is 0.491. The molecule has 1 aliphatic rings. The average molecular weight is 317 g/mol. The molecule has 1 amide bonds. The summed E-state index contributed by atoms with van der Waals surface area (Å²) in [4.78, 5) is 14.3. The van der Waals surface area contributed by atoms with Gasteiger partial charge >= 0.3 is 0 Å². The van der Waals surface area contributed by atoms with Crippen LogP contribution in [0.4, 0.5) is 4.39 Å². The summed E-state index contributed by atoms with van der Waals surface area (Å²) in [5.41, 5.74) is 0.634. The normalized spacial score (nSPS) is 15.9. The van der Waals surface area contributed by atoms with Gasteiger partial charge in [0.15, 0.2) is 0 Å². The molecule has 1 aromatic carbocycles. The van der Waals surface area contributed by atoms with Crippen molar-refractivity contribution in [2.75, 3.05) is 39.4 Å². The van der Waals surface area contributed by atoms with Crippen LogP contribution in [0.5, 0.6) is 0 Å². The molecule has 0 atom stereocenters. The van der Waals surface area contributed by atoms with Crippen molar-refractivity contribution in [3.05, 3.63) is 41.2 Å². The molecule has 0 aliphatic carbocycles. The number of nitriles is 1. The summed E-state index contributed by atoms with van der Waals surface area (Å²) in [5.74, 6) is -0.757. The van der Waals surface area contributed by atoms with E-state index in [0.29, 0.717) is 12.1 Å². The standard InChI is InChI=1S/C17H20FN3O2/c18-16-4-2-14(3-5-16)12-15(13-19)17(22)20-6-1-7-21-8-10-23-11-9-21/h2-5,12H,1,6-11H2,(H,20,22)/b15-12+. The molecule has 6 heteroatoms. The fourth-order valence-electron chi connectivity index (χ4n) is 2.30. The van der Waals surface area contributed by atoms with Gasteiger partial charge in [0.05, 0.1) is 13.2 Å². The summed E-state index contributed by atoms with van der Waals surface area (Å²) in [6.45, 7) is 4.76. The molecule has 1 heterocycles. The molecule has 122 valence electrons. The molecular formula is C17H20FN3O2. The minimum absolute atomic E-state index is 0.0166. The van der Waals surface area contributed by atoms with E-state index in [0.717, 1.165) is 39.3 Å². The van der Waals surface area contributed by atoms with Gasteiger partial charge in [0, 0.05) is 19.6 Å². The van der Waals surface area contributed by atoms with Gasteiger partial charge < -0.3 is 10.1 Å². The van der Waals surface area contributed by atoms with Gasteiger partial charge in [-0.05, 0) is 36.7 Å². The molecule has 0 spiro atoms. The highest BCUT2D eigenvalue weighted by molar-refractivity contribution is 6.01. The van der Waals surface area contributed by atoms with E-state index in [1.165, 1.54) is 30.3 Å². The lowest BCUT2D eigenvalue weighted by atomic mass is 10.1. The summed E-state index contributed by atoms with van der Waals surface area (Å²) in [6, 6.07) is 7.52. The van der Waals surface area contributed by atoms with E-state index in [9.17, 15) is 9.18 Å². The molecule has 0 aromatic heterocycles. The number of nitrogens with one attached hydrogen (secondary N) is 1. The van der Waals surface area contributed by atoms with E-state index in [4.69, 9.17) is 10.00 Å². The van der Waals surface area contributed by atoms with Gasteiger partial charge in [-0.25, -0.2) is 4.39 Å². The predicted octanol–water partition coefficient (Wildman–Crippen LogP) is 1.57. The number of amides is 1. The predicted molar refractivity (Wildman–Crippen MR) is 84.9 cm³/mol. The summed E-state index contributed by atoms with van der Waals surface area (Å²) in [6.07, 6.45) is 2.28. The van der Waals surface area contributed by atoms with Gasteiger partial charge in [-0.1, -0.05) is 12.1 Å². The average Bonchev–Trinajstić information content (AvgIpc) is 2.59. The molecule has 1 saturated heterocycles. The van der Waals surface area contributed by atoms with Gasteiger partial charge in [-0.3, -0.25) is 9.69 Å². The fraction of sp³-hybridized carbons (Fsp3) is 0.412. The molecule has 0 saturated carbocycles. The second-order valence-electron chi connectivity index (χ2n) is 5.28. The lowest BCUT2D eigenvalue weighted by Crippen LogP contribution is -2.38. The Morgan fingerprint density at radius 2 is 2.04 bits per heavy atom. The number of morpholine rings is 1. The third-order valence-corrected chi connectivity index (χ3v) is 3.59. The summed E-state index contributed by atoms with van der Waals surface area (Å²) in [7, 11) is 0. The Labute approximate surface area is 135 Å². The van der Waals surface area contributed by atoms with Crippen molar-refractivity contribution in [3.63, 3.8) is 0 Å². The molecule has 0 unspecified atom stereocenters. The number of carbonyl (C=O) groups excluding carboxylic acids is 1. The maximum atomic E-state index is 12.8. The van der Waals surface area contributed by atoms with Crippen molar-refractivity contribution >= 4 is 12.0 Å². The number of benzene rings is 1. The van der Waals surface area contributed by atoms with Crippen LogP contribution in [-0.2, 0) is 9.53 Å². The molecule has 0 radical (unpaired) electrons. The summed E-state index contributed by atoms with van der Waals surface area (Å²) in [5, 5.41) is 11.8. The molecule has 0 bridgehead atoms. The number of carbonyl (C=O) groups is 1. The van der Waals surface area contributed by atoms with E-state index >= 15 is 0 Å². The van der Waals surface area contributed by atoms with Crippen molar-refractivity contribution in [1.29, 1.82) is 5.26 Å². The van der Waals surface area contributed by atoms with Crippen molar-refractivity contribution in [2.24, 2.45) is 0 Å².